The third-order valence-electron chi connectivity index (χ3n) is 2.87. The summed E-state index contributed by atoms with van der Waals surface area (Å²) >= 11 is 0. The molecule has 1 atom stereocenters. The Morgan fingerprint density at radius 1 is 1.12 bits per heavy atom. The summed E-state index contributed by atoms with van der Waals surface area (Å²) < 4.78 is 10.9. The topological polar surface area (TPSA) is 30.5 Å². The maximum absolute atomic E-state index is 5.50. The van der Waals surface area contributed by atoms with Crippen LogP contribution in [0.5, 0.6) is 0 Å². The zero-order valence-electron chi connectivity index (χ0n) is 12.5. The van der Waals surface area contributed by atoms with Crippen molar-refractivity contribution < 1.29 is 9.47 Å². The first-order valence-electron chi connectivity index (χ1n) is 6.77. The van der Waals surface area contributed by atoms with Crippen LogP contribution in [0, 0.1) is 0 Å². The first-order chi connectivity index (χ1) is 7.87. The quantitative estimate of drug-likeness (QED) is 0.600. The molecule has 0 radical (unpaired) electrons. The minimum absolute atomic E-state index is 0.0346. The summed E-state index contributed by atoms with van der Waals surface area (Å²) in [5, 5.41) is 3.53. The zero-order valence-corrected chi connectivity index (χ0v) is 12.5. The molecular formula is C14H31NO2. The molecule has 3 nitrogen and oxygen atoms in total. The summed E-state index contributed by atoms with van der Waals surface area (Å²) in [6, 6.07) is 0.496. The molecular weight excluding hydrogens is 214 g/mol. The number of nitrogens with one attached hydrogen (secondary N) is 1. The lowest BCUT2D eigenvalue weighted by Crippen LogP contribution is -2.36. The Morgan fingerprint density at radius 2 is 1.76 bits per heavy atom. The predicted molar refractivity (Wildman–Crippen MR) is 73.5 cm³/mol. The summed E-state index contributed by atoms with van der Waals surface area (Å²) in [5.41, 5.74) is -0.0346. The third kappa shape index (κ3) is 10.7. The van der Waals surface area contributed by atoms with E-state index in [1.807, 2.05) is 0 Å². The molecule has 0 fully saturated rings. The maximum atomic E-state index is 5.50. The molecule has 17 heavy (non-hydrogen) atoms. The van der Waals surface area contributed by atoms with Crippen molar-refractivity contribution in [3.63, 3.8) is 0 Å². The van der Waals surface area contributed by atoms with Gasteiger partial charge in [0.2, 0.25) is 0 Å². The van der Waals surface area contributed by atoms with Crippen molar-refractivity contribution in [3.05, 3.63) is 0 Å². The second-order valence-electron chi connectivity index (χ2n) is 5.65. The minimum Gasteiger partial charge on any atom is -0.379 e. The van der Waals surface area contributed by atoms with Gasteiger partial charge in [0.1, 0.15) is 0 Å². The molecule has 0 rings (SSSR count). The average Bonchev–Trinajstić information content (AvgIpc) is 2.22. The smallest absolute Gasteiger partial charge is 0.0637 e. The van der Waals surface area contributed by atoms with Gasteiger partial charge >= 0.3 is 0 Å². The van der Waals surface area contributed by atoms with Crippen molar-refractivity contribution in [2.24, 2.45) is 0 Å². The summed E-state index contributed by atoms with van der Waals surface area (Å²) in [6.07, 6.45) is 3.69. The van der Waals surface area contributed by atoms with E-state index in [4.69, 9.17) is 9.47 Å². The fraction of sp³-hybridized carbons (Fsp3) is 1.00. The van der Waals surface area contributed by atoms with Gasteiger partial charge in [-0.3, -0.25) is 0 Å². The number of hydrogen-bond acceptors (Lipinski definition) is 3. The van der Waals surface area contributed by atoms with E-state index < -0.39 is 0 Å². The van der Waals surface area contributed by atoms with Gasteiger partial charge in [0.25, 0.3) is 0 Å². The molecule has 3 heteroatoms. The van der Waals surface area contributed by atoms with Crippen LogP contribution in [0.25, 0.3) is 0 Å². The van der Waals surface area contributed by atoms with E-state index in [-0.39, 0.29) is 5.60 Å². The van der Waals surface area contributed by atoms with Gasteiger partial charge in [-0.15, -0.1) is 0 Å². The molecule has 104 valence electrons. The number of hydrogen-bond donors (Lipinski definition) is 1. The van der Waals surface area contributed by atoms with Crippen LogP contribution < -0.4 is 5.32 Å². The Morgan fingerprint density at radius 3 is 2.29 bits per heavy atom. The molecule has 0 aromatic carbocycles. The highest BCUT2D eigenvalue weighted by Gasteiger charge is 2.19. The lowest BCUT2D eigenvalue weighted by Gasteiger charge is -2.27. The zero-order chi connectivity index (χ0) is 13.3. The van der Waals surface area contributed by atoms with Crippen LogP contribution in [-0.2, 0) is 9.47 Å². The van der Waals surface area contributed by atoms with E-state index in [9.17, 15) is 0 Å². The largest absolute Gasteiger partial charge is 0.379 e. The second kappa shape index (κ2) is 8.90. The van der Waals surface area contributed by atoms with Crippen LogP contribution in [0.15, 0.2) is 0 Å². The molecule has 0 spiro atoms. The molecule has 0 aliphatic heterocycles. The Hall–Kier alpha value is -0.120. The standard InChI is InChI=1S/C14H31NO2/c1-12(2)17-10-8-7-9-15-13(3)11-14(4,5)16-6/h12-13,15H,7-11H2,1-6H3. The van der Waals surface area contributed by atoms with Crippen LogP contribution in [0.3, 0.4) is 0 Å². The molecule has 0 amide bonds. The Kier molecular flexibility index (Phi) is 8.83. The van der Waals surface area contributed by atoms with E-state index >= 15 is 0 Å². The van der Waals surface area contributed by atoms with Gasteiger partial charge in [0.15, 0.2) is 0 Å². The SMILES string of the molecule is COC(C)(C)CC(C)NCCCCOC(C)C. The number of methoxy groups -OCH3 is 1. The first-order valence-corrected chi connectivity index (χ1v) is 6.77. The van der Waals surface area contributed by atoms with Crippen molar-refractivity contribution in [2.75, 3.05) is 20.3 Å². The molecule has 1 N–H and O–H groups in total. The van der Waals surface area contributed by atoms with E-state index in [0.29, 0.717) is 12.1 Å². The molecule has 0 aliphatic carbocycles. The van der Waals surface area contributed by atoms with Gasteiger partial charge in [0, 0.05) is 19.8 Å². The average molecular weight is 245 g/mol. The highest BCUT2D eigenvalue weighted by atomic mass is 16.5. The molecule has 0 heterocycles. The van der Waals surface area contributed by atoms with Gasteiger partial charge < -0.3 is 14.8 Å². The summed E-state index contributed by atoms with van der Waals surface area (Å²) in [5.74, 6) is 0. The lowest BCUT2D eigenvalue weighted by molar-refractivity contribution is 0.00849. The highest BCUT2D eigenvalue weighted by molar-refractivity contribution is 4.75. The second-order valence-corrected chi connectivity index (χ2v) is 5.65. The van der Waals surface area contributed by atoms with Gasteiger partial charge in [-0.2, -0.15) is 0 Å². The van der Waals surface area contributed by atoms with E-state index in [0.717, 1.165) is 26.0 Å². The Balaban J connectivity index is 3.42. The van der Waals surface area contributed by atoms with Gasteiger partial charge in [0.05, 0.1) is 11.7 Å². The summed E-state index contributed by atoms with van der Waals surface area (Å²) in [6.45, 7) is 12.6. The van der Waals surface area contributed by atoms with Crippen molar-refractivity contribution >= 4 is 0 Å². The highest BCUT2D eigenvalue weighted by Crippen LogP contribution is 2.15. The van der Waals surface area contributed by atoms with Gasteiger partial charge in [-0.05, 0) is 60.4 Å². The lowest BCUT2D eigenvalue weighted by atomic mass is 10.00. The third-order valence-corrected chi connectivity index (χ3v) is 2.87. The number of ether oxygens (including phenoxy) is 2. The van der Waals surface area contributed by atoms with Crippen LogP contribution in [0.1, 0.15) is 53.9 Å². The van der Waals surface area contributed by atoms with Crippen molar-refractivity contribution in [1.82, 2.24) is 5.32 Å². The summed E-state index contributed by atoms with van der Waals surface area (Å²) in [7, 11) is 1.77. The van der Waals surface area contributed by atoms with Gasteiger partial charge in [-0.1, -0.05) is 0 Å². The molecule has 0 saturated heterocycles. The fourth-order valence-corrected chi connectivity index (χ4v) is 1.79. The molecule has 0 aromatic heterocycles. The first kappa shape index (κ1) is 16.9. The molecule has 0 aliphatic rings. The van der Waals surface area contributed by atoms with Crippen molar-refractivity contribution in [2.45, 2.75) is 71.6 Å². The van der Waals surface area contributed by atoms with Crippen molar-refractivity contribution in [1.29, 1.82) is 0 Å². The van der Waals surface area contributed by atoms with E-state index in [1.165, 1.54) is 6.42 Å². The van der Waals surface area contributed by atoms with Crippen LogP contribution >= 0.6 is 0 Å². The van der Waals surface area contributed by atoms with Crippen LogP contribution in [0.2, 0.25) is 0 Å². The number of unbranched alkanes of at least 4 members (excludes halogenated alkanes) is 1. The molecule has 0 aromatic rings. The van der Waals surface area contributed by atoms with Gasteiger partial charge in [-0.25, -0.2) is 0 Å². The van der Waals surface area contributed by atoms with Crippen molar-refractivity contribution in [3.8, 4) is 0 Å². The van der Waals surface area contributed by atoms with E-state index in [2.05, 4.69) is 39.9 Å². The number of rotatable bonds is 10. The predicted octanol–water partition coefficient (Wildman–Crippen LogP) is 2.98. The maximum Gasteiger partial charge on any atom is 0.0637 e. The van der Waals surface area contributed by atoms with Crippen LogP contribution in [0.4, 0.5) is 0 Å². The van der Waals surface area contributed by atoms with Crippen LogP contribution in [-0.4, -0.2) is 38.0 Å². The minimum atomic E-state index is -0.0346. The normalized spacial score (nSPS) is 14.3. The van der Waals surface area contributed by atoms with E-state index in [1.54, 1.807) is 7.11 Å². The Bertz CT molecular complexity index is 181. The molecule has 0 saturated carbocycles. The molecule has 0 bridgehead atoms. The monoisotopic (exact) mass is 245 g/mol. The fourth-order valence-electron chi connectivity index (χ4n) is 1.79. The Labute approximate surface area is 107 Å². The summed E-state index contributed by atoms with van der Waals surface area (Å²) in [4.78, 5) is 0. The molecule has 1 unspecified atom stereocenters.